The van der Waals surface area contributed by atoms with Crippen molar-refractivity contribution in [1.29, 1.82) is 0 Å². The van der Waals surface area contributed by atoms with E-state index in [0.29, 0.717) is 5.69 Å². The Balaban J connectivity index is 2.04. The lowest BCUT2D eigenvalue weighted by molar-refractivity contribution is -0.154. The number of pyridine rings is 2. The summed E-state index contributed by atoms with van der Waals surface area (Å²) in [6.45, 7) is 0.452. The number of aryl methyl sites for hydroxylation is 1. The summed E-state index contributed by atoms with van der Waals surface area (Å²) in [7, 11) is 0. The summed E-state index contributed by atoms with van der Waals surface area (Å²) in [6.07, 6.45) is -3.25. The predicted molar refractivity (Wildman–Crippen MR) is 75.9 cm³/mol. The minimum absolute atomic E-state index is 0.0654. The fraction of sp³-hybridized carbons (Fsp3) is 0.267. The third-order valence-electron chi connectivity index (χ3n) is 2.76. The number of halogens is 3. The summed E-state index contributed by atoms with van der Waals surface area (Å²) in [5.74, 6) is -0.946. The summed E-state index contributed by atoms with van der Waals surface area (Å²) in [4.78, 5) is 20.0. The van der Waals surface area contributed by atoms with E-state index in [-0.39, 0.29) is 18.0 Å². The van der Waals surface area contributed by atoms with Crippen LogP contribution in [0.3, 0.4) is 0 Å². The van der Waals surface area contributed by atoms with Crippen LogP contribution in [0, 0.1) is 6.92 Å². The minimum Gasteiger partial charge on any atom is -0.467 e. The third-order valence-corrected chi connectivity index (χ3v) is 2.76. The van der Waals surface area contributed by atoms with Crippen LogP contribution in [-0.2, 0) is 6.54 Å². The molecule has 0 atom stereocenters. The quantitative estimate of drug-likeness (QED) is 0.918. The van der Waals surface area contributed by atoms with Crippen molar-refractivity contribution in [2.24, 2.45) is 0 Å². The summed E-state index contributed by atoms with van der Waals surface area (Å²) in [5, 5.41) is 2.58. The number of nitrogens with zero attached hydrogens (tertiary/aromatic N) is 2. The van der Waals surface area contributed by atoms with Crippen LogP contribution in [0.4, 0.5) is 13.2 Å². The van der Waals surface area contributed by atoms with Crippen molar-refractivity contribution in [2.75, 3.05) is 6.61 Å². The topological polar surface area (TPSA) is 64.1 Å². The van der Waals surface area contributed by atoms with Gasteiger partial charge in [-0.25, -0.2) is 4.98 Å². The molecule has 8 heteroatoms. The van der Waals surface area contributed by atoms with Crippen molar-refractivity contribution < 1.29 is 22.7 Å². The van der Waals surface area contributed by atoms with E-state index in [1.807, 2.05) is 13.0 Å². The lowest BCUT2D eigenvalue weighted by atomic mass is 10.2. The Morgan fingerprint density at radius 1 is 1.26 bits per heavy atom. The first-order valence-electron chi connectivity index (χ1n) is 6.70. The number of hydrogen-bond donors (Lipinski definition) is 1. The lowest BCUT2D eigenvalue weighted by Crippen LogP contribution is -2.26. The van der Waals surface area contributed by atoms with Crippen LogP contribution >= 0.6 is 0 Å². The molecule has 23 heavy (non-hydrogen) atoms. The monoisotopic (exact) mass is 325 g/mol. The number of nitrogens with one attached hydrogen (secondary N) is 1. The molecule has 2 aromatic heterocycles. The number of ether oxygens (including phenoxy) is 1. The van der Waals surface area contributed by atoms with Gasteiger partial charge < -0.3 is 10.1 Å². The number of hydrogen-bond acceptors (Lipinski definition) is 4. The number of carbonyl (C=O) groups excluding carboxylic acids is 1. The van der Waals surface area contributed by atoms with Gasteiger partial charge in [0, 0.05) is 11.9 Å². The fourth-order valence-corrected chi connectivity index (χ4v) is 1.79. The zero-order chi connectivity index (χ0) is 16.9. The molecule has 0 bridgehead atoms. The van der Waals surface area contributed by atoms with Crippen LogP contribution in [0.2, 0.25) is 0 Å². The van der Waals surface area contributed by atoms with E-state index >= 15 is 0 Å². The van der Waals surface area contributed by atoms with Crippen molar-refractivity contribution >= 4 is 5.91 Å². The molecule has 0 radical (unpaired) electrons. The zero-order valence-corrected chi connectivity index (χ0v) is 12.2. The molecule has 1 amide bonds. The van der Waals surface area contributed by atoms with Gasteiger partial charge in [-0.3, -0.25) is 9.78 Å². The van der Waals surface area contributed by atoms with Gasteiger partial charge in [0.2, 0.25) is 5.88 Å². The molecule has 2 rings (SSSR count). The fourth-order valence-electron chi connectivity index (χ4n) is 1.79. The van der Waals surface area contributed by atoms with Gasteiger partial charge in [-0.1, -0.05) is 6.07 Å². The second-order valence-corrected chi connectivity index (χ2v) is 4.71. The Kier molecular flexibility index (Phi) is 5.15. The van der Waals surface area contributed by atoms with Gasteiger partial charge in [0.15, 0.2) is 6.61 Å². The Bertz CT molecular complexity index is 690. The maximum Gasteiger partial charge on any atom is 0.422 e. The number of alkyl halides is 3. The first-order chi connectivity index (χ1) is 10.8. The molecular weight excluding hydrogens is 311 g/mol. The molecule has 2 heterocycles. The van der Waals surface area contributed by atoms with E-state index < -0.39 is 18.7 Å². The predicted octanol–water partition coefficient (Wildman–Crippen LogP) is 2.66. The highest BCUT2D eigenvalue weighted by Gasteiger charge is 2.29. The Labute approximate surface area is 130 Å². The Hall–Kier alpha value is -2.64. The molecule has 122 valence electrons. The maximum atomic E-state index is 12.2. The number of aromatic nitrogens is 2. The van der Waals surface area contributed by atoms with Crippen molar-refractivity contribution in [3.05, 3.63) is 53.5 Å². The van der Waals surface area contributed by atoms with E-state index in [4.69, 9.17) is 0 Å². The number of amides is 1. The van der Waals surface area contributed by atoms with E-state index in [9.17, 15) is 18.0 Å². The van der Waals surface area contributed by atoms with Crippen LogP contribution < -0.4 is 10.1 Å². The van der Waals surface area contributed by atoms with Gasteiger partial charge in [-0.2, -0.15) is 13.2 Å². The second-order valence-electron chi connectivity index (χ2n) is 4.71. The SMILES string of the molecule is Cc1cccc(CNC(=O)c2cccnc2OCC(F)(F)F)n1. The summed E-state index contributed by atoms with van der Waals surface area (Å²) in [6, 6.07) is 8.14. The van der Waals surface area contributed by atoms with E-state index in [1.54, 1.807) is 12.1 Å². The molecule has 0 aliphatic carbocycles. The van der Waals surface area contributed by atoms with E-state index in [0.717, 1.165) is 5.69 Å². The normalized spacial score (nSPS) is 11.1. The molecule has 1 N–H and O–H groups in total. The molecule has 0 saturated carbocycles. The highest BCUT2D eigenvalue weighted by Crippen LogP contribution is 2.20. The zero-order valence-electron chi connectivity index (χ0n) is 12.2. The lowest BCUT2D eigenvalue weighted by Gasteiger charge is -2.12. The smallest absolute Gasteiger partial charge is 0.422 e. The number of carbonyl (C=O) groups is 1. The van der Waals surface area contributed by atoms with Crippen LogP contribution in [0.5, 0.6) is 5.88 Å². The molecule has 0 fully saturated rings. The van der Waals surface area contributed by atoms with Crippen molar-refractivity contribution in [2.45, 2.75) is 19.6 Å². The third kappa shape index (κ3) is 5.24. The summed E-state index contributed by atoms with van der Waals surface area (Å²) in [5.41, 5.74) is 1.37. The average Bonchev–Trinajstić information content (AvgIpc) is 2.50. The number of rotatable bonds is 5. The van der Waals surface area contributed by atoms with Crippen LogP contribution in [-0.4, -0.2) is 28.7 Å². The molecule has 2 aromatic rings. The van der Waals surface area contributed by atoms with Gasteiger partial charge in [-0.05, 0) is 31.2 Å². The first kappa shape index (κ1) is 16.7. The highest BCUT2D eigenvalue weighted by atomic mass is 19.4. The van der Waals surface area contributed by atoms with E-state index in [1.165, 1.54) is 18.3 Å². The molecule has 0 spiro atoms. The van der Waals surface area contributed by atoms with Gasteiger partial charge in [0.25, 0.3) is 5.91 Å². The molecular formula is C15H14F3N3O2. The molecule has 5 nitrogen and oxygen atoms in total. The van der Waals surface area contributed by atoms with Crippen LogP contribution in [0.1, 0.15) is 21.7 Å². The molecule has 0 aliphatic rings. The Morgan fingerprint density at radius 3 is 2.74 bits per heavy atom. The van der Waals surface area contributed by atoms with Crippen molar-refractivity contribution in [3.63, 3.8) is 0 Å². The molecule has 0 saturated heterocycles. The van der Waals surface area contributed by atoms with Gasteiger partial charge in [0.1, 0.15) is 5.56 Å². The average molecular weight is 325 g/mol. The van der Waals surface area contributed by atoms with Crippen LogP contribution in [0.15, 0.2) is 36.5 Å². The largest absolute Gasteiger partial charge is 0.467 e. The standard InChI is InChI=1S/C15H14F3N3O2/c1-10-4-2-5-11(21-10)8-20-13(22)12-6-3-7-19-14(12)23-9-15(16,17)18/h2-7H,8-9H2,1H3,(H,20,22). The summed E-state index contributed by atoms with van der Waals surface area (Å²) >= 11 is 0. The van der Waals surface area contributed by atoms with Crippen molar-refractivity contribution in [1.82, 2.24) is 15.3 Å². The Morgan fingerprint density at radius 2 is 2.04 bits per heavy atom. The molecule has 0 aliphatic heterocycles. The molecule has 0 unspecified atom stereocenters. The van der Waals surface area contributed by atoms with Gasteiger partial charge in [-0.15, -0.1) is 0 Å². The maximum absolute atomic E-state index is 12.2. The first-order valence-corrected chi connectivity index (χ1v) is 6.70. The van der Waals surface area contributed by atoms with Gasteiger partial charge >= 0.3 is 6.18 Å². The van der Waals surface area contributed by atoms with Gasteiger partial charge in [0.05, 0.1) is 12.2 Å². The van der Waals surface area contributed by atoms with Crippen molar-refractivity contribution in [3.8, 4) is 5.88 Å². The van der Waals surface area contributed by atoms with Crippen LogP contribution in [0.25, 0.3) is 0 Å². The highest BCUT2D eigenvalue weighted by molar-refractivity contribution is 5.96. The second kappa shape index (κ2) is 7.08. The molecule has 0 aromatic carbocycles. The van der Waals surface area contributed by atoms with E-state index in [2.05, 4.69) is 20.0 Å². The minimum atomic E-state index is -4.50. The summed E-state index contributed by atoms with van der Waals surface area (Å²) < 4.78 is 41.2.